The molecule has 6 aliphatic rings. The number of hydrogen-bond acceptors (Lipinski definition) is 14. The van der Waals surface area contributed by atoms with E-state index in [2.05, 4.69) is 11.2 Å². The molecule has 0 aliphatic carbocycles. The number of nitrogens with one attached hydrogen (secondary N) is 1. The number of carbonyl (C=O) groups is 2. The second-order valence-corrected chi connectivity index (χ2v) is 13.2. The zero-order chi connectivity index (χ0) is 34.9. The van der Waals surface area contributed by atoms with E-state index in [0.717, 1.165) is 38.4 Å². The molecule has 15 nitrogen and oxygen atoms in total. The van der Waals surface area contributed by atoms with E-state index in [9.17, 15) is 30.0 Å². The Hall–Kier alpha value is -4.67. The number of carboxylic acids is 1. The van der Waals surface area contributed by atoms with Gasteiger partial charge >= 0.3 is 5.97 Å². The predicted octanol–water partition coefficient (Wildman–Crippen LogP) is -1.25. The molecule has 0 aromatic heterocycles. The Labute approximate surface area is 285 Å². The number of carbonyl (C=O) groups excluding carboxylic acids is 2. The van der Waals surface area contributed by atoms with Gasteiger partial charge in [-0.2, -0.15) is 0 Å². The van der Waals surface area contributed by atoms with Gasteiger partial charge in [0.2, 0.25) is 12.0 Å². The summed E-state index contributed by atoms with van der Waals surface area (Å²) in [5.41, 5.74) is 3.37. The van der Waals surface area contributed by atoms with Gasteiger partial charge in [0.25, 0.3) is 0 Å². The maximum atomic E-state index is 11.9. The number of ether oxygens (including phenoxy) is 7. The highest BCUT2D eigenvalue weighted by Gasteiger charge is 2.58. The first-order chi connectivity index (χ1) is 24.1. The fraction of sp³-hybridized carbons (Fsp3) is 0.457. The molecular weight excluding hydrogens is 656 g/mol. The van der Waals surface area contributed by atoms with Crippen LogP contribution < -0.4 is 33.7 Å². The quantitative estimate of drug-likeness (QED) is 0.189. The van der Waals surface area contributed by atoms with Crippen LogP contribution in [0.15, 0.2) is 47.2 Å². The third-order valence-electron chi connectivity index (χ3n) is 10.4. The fourth-order valence-corrected chi connectivity index (χ4v) is 7.87. The number of esters is 1. The fourth-order valence-electron chi connectivity index (χ4n) is 7.87. The SMILES string of the molecule is COc1ccc2c(c1OC)OC1c3c(cc4c(c3C[NH+]3C=C5C=CN=C5C3)CCC3(O)C(O4)OC(COC(=O)CC(=O)[O-])C(O)C3O)OCC21. The maximum Gasteiger partial charge on any atom is 0.311 e. The number of fused-ring (bicyclic) bond motifs is 8. The number of rotatable bonds is 8. The molecule has 8 rings (SSSR count). The minimum absolute atomic E-state index is 0.0567. The summed E-state index contributed by atoms with van der Waals surface area (Å²) >= 11 is 0. The molecule has 0 amide bonds. The Kier molecular flexibility index (Phi) is 7.99. The van der Waals surface area contributed by atoms with Gasteiger partial charge in [0.05, 0.1) is 44.7 Å². The second-order valence-electron chi connectivity index (χ2n) is 13.2. The topological polar surface area (TPSA) is 199 Å². The van der Waals surface area contributed by atoms with Crippen molar-refractivity contribution in [2.45, 2.75) is 68.0 Å². The monoisotopic (exact) mass is 692 g/mol. The van der Waals surface area contributed by atoms with Crippen LogP contribution in [0.1, 0.15) is 47.1 Å². The first-order valence-corrected chi connectivity index (χ1v) is 16.4. The third kappa shape index (κ3) is 5.19. The first-order valence-electron chi connectivity index (χ1n) is 16.4. The van der Waals surface area contributed by atoms with Crippen LogP contribution >= 0.6 is 0 Å². The van der Waals surface area contributed by atoms with E-state index < -0.39 is 61.3 Å². The van der Waals surface area contributed by atoms with Crippen molar-refractivity contribution < 1.29 is 68.1 Å². The van der Waals surface area contributed by atoms with Gasteiger partial charge in [0.1, 0.15) is 67.5 Å². The van der Waals surface area contributed by atoms with Gasteiger partial charge in [-0.05, 0) is 25.0 Å². The molecule has 1 fully saturated rings. The summed E-state index contributed by atoms with van der Waals surface area (Å²) < 4.78 is 41.7. The molecule has 50 heavy (non-hydrogen) atoms. The Bertz CT molecular complexity index is 1860. The van der Waals surface area contributed by atoms with Gasteiger partial charge in [-0.3, -0.25) is 14.7 Å². The average Bonchev–Trinajstić information content (AvgIpc) is 3.77. The first kappa shape index (κ1) is 32.5. The number of quaternary nitrogens is 1. The molecule has 8 atom stereocenters. The molecule has 1 saturated heterocycles. The Morgan fingerprint density at radius 2 is 2.00 bits per heavy atom. The highest BCUT2D eigenvalue weighted by molar-refractivity contribution is 6.06. The molecule has 2 aromatic carbocycles. The van der Waals surface area contributed by atoms with Crippen molar-refractivity contribution >= 4 is 17.7 Å². The smallest absolute Gasteiger partial charge is 0.311 e. The van der Waals surface area contributed by atoms with Crippen molar-refractivity contribution in [3.8, 4) is 28.7 Å². The second kappa shape index (κ2) is 12.3. The van der Waals surface area contributed by atoms with Crippen LogP contribution in [0.25, 0.3) is 0 Å². The molecule has 264 valence electrons. The summed E-state index contributed by atoms with van der Waals surface area (Å²) in [6, 6.07) is 5.54. The Balaban J connectivity index is 1.17. The van der Waals surface area contributed by atoms with Crippen molar-refractivity contribution in [1.29, 1.82) is 0 Å². The lowest BCUT2D eigenvalue weighted by Gasteiger charge is -2.46. The zero-order valence-corrected chi connectivity index (χ0v) is 27.2. The van der Waals surface area contributed by atoms with Gasteiger partial charge in [0.15, 0.2) is 17.1 Å². The Morgan fingerprint density at radius 3 is 2.76 bits per heavy atom. The number of nitrogens with zero attached hydrogens (tertiary/aromatic N) is 1. The van der Waals surface area contributed by atoms with Crippen LogP contribution in [0, 0.1) is 0 Å². The van der Waals surface area contributed by atoms with Crippen molar-refractivity contribution in [2.75, 3.05) is 34.0 Å². The molecule has 15 heteroatoms. The standard InChI is InChI=1S/C35H36N2O13/c1-44-22-4-3-18-20-14-46-24-9-23-17(5-7-35(43)33(42)29(41)25(49-34(35)48-23)15-47-27(40)10-26(38)39)19(12-37-11-16-6-8-36-21(16)13-37)28(24)30(20)50-31(18)32(22)45-2/h3-4,6,8-9,11,20,25,29-30,33-34,41-43H,5,7,10,12-15H2,1-2H3,(H,38,39). The minimum Gasteiger partial charge on any atom is -0.550 e. The highest BCUT2D eigenvalue weighted by Crippen LogP contribution is 2.58. The molecule has 0 bridgehead atoms. The van der Waals surface area contributed by atoms with Gasteiger partial charge < -0.3 is 58.4 Å². The number of aliphatic imine (C=N–C) groups is 1. The molecule has 6 aliphatic heterocycles. The van der Waals surface area contributed by atoms with E-state index in [1.165, 1.54) is 0 Å². The molecule has 0 saturated carbocycles. The van der Waals surface area contributed by atoms with E-state index in [1.54, 1.807) is 26.5 Å². The number of aliphatic hydroxyl groups excluding tert-OH is 2. The molecule has 4 N–H and O–H groups in total. The maximum absolute atomic E-state index is 11.9. The molecule has 0 spiro atoms. The van der Waals surface area contributed by atoms with Crippen LogP contribution in [-0.4, -0.2) is 97.2 Å². The van der Waals surface area contributed by atoms with Crippen LogP contribution in [0.4, 0.5) is 0 Å². The number of benzene rings is 2. The molecule has 8 unspecified atom stereocenters. The van der Waals surface area contributed by atoms with Gasteiger partial charge in [-0.25, -0.2) is 0 Å². The highest BCUT2D eigenvalue weighted by atomic mass is 16.7. The van der Waals surface area contributed by atoms with Crippen molar-refractivity contribution in [3.63, 3.8) is 0 Å². The molecule has 0 radical (unpaired) electrons. The van der Waals surface area contributed by atoms with Gasteiger partial charge in [-0.1, -0.05) is 6.07 Å². The van der Waals surface area contributed by atoms with Gasteiger partial charge in [-0.15, -0.1) is 0 Å². The summed E-state index contributed by atoms with van der Waals surface area (Å²) in [5.74, 6) is -0.403. The third-order valence-corrected chi connectivity index (χ3v) is 10.4. The molecule has 6 heterocycles. The number of aliphatic hydroxyl groups is 3. The average molecular weight is 693 g/mol. The largest absolute Gasteiger partial charge is 0.550 e. The lowest BCUT2D eigenvalue weighted by molar-refractivity contribution is -0.848. The van der Waals surface area contributed by atoms with E-state index in [-0.39, 0.29) is 18.8 Å². The number of methoxy groups -OCH3 is 2. The Morgan fingerprint density at radius 1 is 1.16 bits per heavy atom. The van der Waals surface area contributed by atoms with Crippen LogP contribution in [0.3, 0.4) is 0 Å². The van der Waals surface area contributed by atoms with Crippen molar-refractivity contribution in [2.24, 2.45) is 4.99 Å². The minimum atomic E-state index is -2.06. The van der Waals surface area contributed by atoms with Crippen LogP contribution in [-0.2, 0) is 32.0 Å². The number of hydrogen-bond donors (Lipinski definition) is 4. The molecule has 2 aromatic rings. The van der Waals surface area contributed by atoms with Crippen molar-refractivity contribution in [3.05, 3.63) is 64.5 Å². The lowest BCUT2D eigenvalue weighted by Crippen LogP contribution is -3.05. The molecular formula is C35H36N2O13. The van der Waals surface area contributed by atoms with Crippen molar-refractivity contribution in [1.82, 2.24) is 0 Å². The summed E-state index contributed by atoms with van der Waals surface area (Å²) in [6.07, 6.45) is -1.65. The zero-order valence-electron chi connectivity index (χ0n) is 27.2. The van der Waals surface area contributed by atoms with Crippen LogP contribution in [0.2, 0.25) is 0 Å². The van der Waals surface area contributed by atoms with E-state index in [0.29, 0.717) is 48.4 Å². The lowest BCUT2D eigenvalue weighted by atomic mass is 9.81. The summed E-state index contributed by atoms with van der Waals surface area (Å²) in [6.45, 7) is 0.854. The summed E-state index contributed by atoms with van der Waals surface area (Å²) in [5, 5.41) is 44.8. The van der Waals surface area contributed by atoms with E-state index in [4.69, 9.17) is 33.2 Å². The van der Waals surface area contributed by atoms with E-state index in [1.807, 2.05) is 18.2 Å². The van der Waals surface area contributed by atoms with Gasteiger partial charge in [0, 0.05) is 34.5 Å². The summed E-state index contributed by atoms with van der Waals surface area (Å²) in [4.78, 5) is 28.3. The number of allylic oxidation sites excluding steroid dienone is 1. The normalized spacial score (nSPS) is 31.1. The van der Waals surface area contributed by atoms with E-state index >= 15 is 0 Å². The van der Waals surface area contributed by atoms with Crippen LogP contribution in [0.5, 0.6) is 28.7 Å². The predicted molar refractivity (Wildman–Crippen MR) is 167 cm³/mol. The number of carboxylic acid groups (broad SMARTS) is 1. The summed E-state index contributed by atoms with van der Waals surface area (Å²) in [7, 11) is 3.13. The number of aliphatic carboxylic acids is 1.